The van der Waals surface area contributed by atoms with Gasteiger partial charge in [0, 0.05) is 11.1 Å². The number of aromatic carboxylic acids is 4. The Balaban J connectivity index is 0.000000212. The van der Waals surface area contributed by atoms with Crippen molar-refractivity contribution in [3.05, 3.63) is 130 Å². The third kappa shape index (κ3) is 6.76. The molecule has 9 heteroatoms. The monoisotopic (exact) mass is 512 g/mol. The maximum absolute atomic E-state index is 12.1. The lowest BCUT2D eigenvalue weighted by atomic mass is 10.0. The van der Waals surface area contributed by atoms with Gasteiger partial charge < -0.3 is 20.4 Å². The van der Waals surface area contributed by atoms with E-state index in [1.165, 1.54) is 72.8 Å². The standard InChI is InChI=1S/C15H10O5.C14H10O4/c16-13(9-1-5-11(6-2-9)14(17)18)10-3-7-12(8-4-10)15(19)20;15-13(16)11-5-1-9(2-6-11)10-3-7-12(8-4-10)14(17)18/h1-8H,(H,17,18)(H,19,20);1-8H,(H,15,16)(H,17,18). The number of benzene rings is 4. The Kier molecular flexibility index (Phi) is 8.47. The van der Waals surface area contributed by atoms with Gasteiger partial charge in [0.15, 0.2) is 5.78 Å². The molecule has 0 aliphatic heterocycles. The molecule has 190 valence electrons. The fraction of sp³-hybridized carbons (Fsp3) is 0. The van der Waals surface area contributed by atoms with Gasteiger partial charge in [0.2, 0.25) is 0 Å². The van der Waals surface area contributed by atoms with E-state index in [0.717, 1.165) is 11.1 Å². The number of ketones is 1. The van der Waals surface area contributed by atoms with Crippen LogP contribution in [0.5, 0.6) is 0 Å². The minimum Gasteiger partial charge on any atom is -0.478 e. The van der Waals surface area contributed by atoms with Gasteiger partial charge in [-0.05, 0) is 59.7 Å². The fourth-order valence-corrected chi connectivity index (χ4v) is 3.31. The first-order valence-corrected chi connectivity index (χ1v) is 11.0. The van der Waals surface area contributed by atoms with Crippen molar-refractivity contribution >= 4 is 29.7 Å². The highest BCUT2D eigenvalue weighted by molar-refractivity contribution is 6.09. The van der Waals surface area contributed by atoms with Gasteiger partial charge >= 0.3 is 23.9 Å². The van der Waals surface area contributed by atoms with Gasteiger partial charge in [-0.2, -0.15) is 0 Å². The molecule has 4 N–H and O–H groups in total. The smallest absolute Gasteiger partial charge is 0.335 e. The second kappa shape index (κ2) is 11.9. The molecule has 4 rings (SSSR count). The average molecular weight is 512 g/mol. The third-order valence-electron chi connectivity index (χ3n) is 5.39. The molecule has 38 heavy (non-hydrogen) atoms. The van der Waals surface area contributed by atoms with Crippen LogP contribution >= 0.6 is 0 Å². The second-order valence-corrected chi connectivity index (χ2v) is 7.86. The van der Waals surface area contributed by atoms with Crippen LogP contribution in [0.2, 0.25) is 0 Å². The largest absolute Gasteiger partial charge is 0.478 e. The van der Waals surface area contributed by atoms with E-state index in [2.05, 4.69) is 0 Å². The summed E-state index contributed by atoms with van der Waals surface area (Å²) >= 11 is 0. The Hall–Kier alpha value is -5.57. The zero-order valence-corrected chi connectivity index (χ0v) is 19.6. The average Bonchev–Trinajstić information content (AvgIpc) is 2.93. The summed E-state index contributed by atoms with van der Waals surface area (Å²) in [6.45, 7) is 0. The van der Waals surface area contributed by atoms with E-state index in [-0.39, 0.29) is 28.0 Å². The van der Waals surface area contributed by atoms with E-state index in [9.17, 15) is 24.0 Å². The van der Waals surface area contributed by atoms with Crippen molar-refractivity contribution in [2.45, 2.75) is 0 Å². The zero-order chi connectivity index (χ0) is 27.8. The molecule has 0 bridgehead atoms. The topological polar surface area (TPSA) is 166 Å². The molecule has 0 saturated carbocycles. The summed E-state index contributed by atoms with van der Waals surface area (Å²) in [6, 6.07) is 23.9. The van der Waals surface area contributed by atoms with E-state index >= 15 is 0 Å². The summed E-state index contributed by atoms with van der Waals surface area (Å²) in [5.74, 6) is -4.35. The summed E-state index contributed by atoms with van der Waals surface area (Å²) in [4.78, 5) is 54.9. The highest BCUT2D eigenvalue weighted by Crippen LogP contribution is 2.20. The lowest BCUT2D eigenvalue weighted by Gasteiger charge is -2.03. The van der Waals surface area contributed by atoms with Crippen molar-refractivity contribution in [1.82, 2.24) is 0 Å². The zero-order valence-electron chi connectivity index (χ0n) is 19.6. The quantitative estimate of drug-likeness (QED) is 0.247. The van der Waals surface area contributed by atoms with Crippen LogP contribution in [0.4, 0.5) is 0 Å². The van der Waals surface area contributed by atoms with Crippen LogP contribution in [0.1, 0.15) is 57.4 Å². The van der Waals surface area contributed by atoms with Gasteiger partial charge in [-0.3, -0.25) is 4.79 Å². The number of carboxylic acid groups (broad SMARTS) is 4. The molecule has 0 fully saturated rings. The van der Waals surface area contributed by atoms with Gasteiger partial charge in [-0.15, -0.1) is 0 Å². The normalized spacial score (nSPS) is 10.0. The lowest BCUT2D eigenvalue weighted by molar-refractivity contribution is 0.0686. The SMILES string of the molecule is O=C(O)c1ccc(-c2ccc(C(=O)O)cc2)cc1.O=C(O)c1ccc(C(=O)c2ccc(C(=O)O)cc2)cc1. The molecule has 0 amide bonds. The van der Waals surface area contributed by atoms with E-state index in [4.69, 9.17) is 20.4 Å². The number of hydrogen-bond donors (Lipinski definition) is 4. The molecule has 0 aromatic heterocycles. The van der Waals surface area contributed by atoms with Crippen LogP contribution < -0.4 is 0 Å². The predicted octanol–water partition coefficient (Wildman–Crippen LogP) is 5.06. The molecule has 4 aromatic carbocycles. The number of carboxylic acids is 4. The van der Waals surface area contributed by atoms with Gasteiger partial charge in [0.25, 0.3) is 0 Å². The first-order chi connectivity index (χ1) is 18.1. The van der Waals surface area contributed by atoms with Crippen LogP contribution in [-0.4, -0.2) is 50.1 Å². The van der Waals surface area contributed by atoms with Gasteiger partial charge in [-0.25, -0.2) is 19.2 Å². The molecule has 0 aliphatic rings. The fourth-order valence-electron chi connectivity index (χ4n) is 3.31. The van der Waals surface area contributed by atoms with E-state index in [0.29, 0.717) is 11.1 Å². The van der Waals surface area contributed by atoms with Crippen molar-refractivity contribution in [3.63, 3.8) is 0 Å². The van der Waals surface area contributed by atoms with Crippen molar-refractivity contribution in [2.75, 3.05) is 0 Å². The molecule has 4 aromatic rings. The highest BCUT2D eigenvalue weighted by atomic mass is 16.4. The molecule has 9 nitrogen and oxygen atoms in total. The highest BCUT2D eigenvalue weighted by Gasteiger charge is 2.11. The summed E-state index contributed by atoms with van der Waals surface area (Å²) in [5.41, 5.74) is 3.03. The van der Waals surface area contributed by atoms with Gasteiger partial charge in [-0.1, -0.05) is 48.5 Å². The van der Waals surface area contributed by atoms with E-state index in [1.54, 1.807) is 24.3 Å². The molecular formula is C29H20O9. The Bertz CT molecular complexity index is 1370. The van der Waals surface area contributed by atoms with Crippen LogP contribution in [0.15, 0.2) is 97.1 Å². The molecule has 0 radical (unpaired) electrons. The van der Waals surface area contributed by atoms with Crippen LogP contribution in [0.3, 0.4) is 0 Å². The number of rotatable bonds is 7. The van der Waals surface area contributed by atoms with Crippen molar-refractivity contribution in [2.24, 2.45) is 0 Å². The number of carbonyl (C=O) groups is 5. The molecular weight excluding hydrogens is 492 g/mol. The van der Waals surface area contributed by atoms with E-state index in [1.807, 2.05) is 0 Å². The Morgan fingerprint density at radius 3 is 0.711 bits per heavy atom. The molecule has 0 atom stereocenters. The first kappa shape index (κ1) is 27.0. The van der Waals surface area contributed by atoms with Gasteiger partial charge in [0.05, 0.1) is 22.3 Å². The Labute approximate surface area is 215 Å². The molecule has 0 saturated heterocycles. The van der Waals surface area contributed by atoms with Crippen molar-refractivity contribution in [3.8, 4) is 11.1 Å². The number of carbonyl (C=O) groups excluding carboxylic acids is 1. The molecule has 0 unspecified atom stereocenters. The first-order valence-electron chi connectivity index (χ1n) is 11.0. The third-order valence-corrected chi connectivity index (χ3v) is 5.39. The summed E-state index contributed by atoms with van der Waals surface area (Å²) in [6.07, 6.45) is 0. The summed E-state index contributed by atoms with van der Waals surface area (Å²) < 4.78 is 0. The maximum atomic E-state index is 12.1. The van der Waals surface area contributed by atoms with Crippen LogP contribution in [-0.2, 0) is 0 Å². The van der Waals surface area contributed by atoms with Gasteiger partial charge in [0.1, 0.15) is 0 Å². The maximum Gasteiger partial charge on any atom is 0.335 e. The lowest BCUT2D eigenvalue weighted by Crippen LogP contribution is -2.04. The Morgan fingerprint density at radius 1 is 0.316 bits per heavy atom. The summed E-state index contributed by atoms with van der Waals surface area (Å²) in [7, 11) is 0. The van der Waals surface area contributed by atoms with Crippen molar-refractivity contribution in [1.29, 1.82) is 0 Å². The van der Waals surface area contributed by atoms with E-state index < -0.39 is 23.9 Å². The minimum atomic E-state index is -1.06. The molecule has 0 spiro atoms. The molecule has 0 heterocycles. The summed E-state index contributed by atoms with van der Waals surface area (Å²) in [5, 5.41) is 35.1. The molecule has 0 aliphatic carbocycles. The number of hydrogen-bond acceptors (Lipinski definition) is 5. The predicted molar refractivity (Wildman–Crippen MR) is 136 cm³/mol. The van der Waals surface area contributed by atoms with Crippen LogP contribution in [0, 0.1) is 0 Å². The van der Waals surface area contributed by atoms with Crippen molar-refractivity contribution < 1.29 is 44.4 Å². The second-order valence-electron chi connectivity index (χ2n) is 7.86. The Morgan fingerprint density at radius 2 is 0.500 bits per heavy atom. The van der Waals surface area contributed by atoms with Crippen LogP contribution in [0.25, 0.3) is 11.1 Å². The minimum absolute atomic E-state index is 0.0998.